The predicted molar refractivity (Wildman–Crippen MR) is 80.1 cm³/mol. The summed E-state index contributed by atoms with van der Waals surface area (Å²) < 4.78 is 0. The molecule has 0 bridgehead atoms. The molecule has 5 heteroatoms. The second-order valence-corrected chi connectivity index (χ2v) is 4.46. The van der Waals surface area contributed by atoms with Gasteiger partial charge in [0.2, 0.25) is 0 Å². The number of amides is 1. The van der Waals surface area contributed by atoms with Gasteiger partial charge in [-0.1, -0.05) is 23.7 Å². The lowest BCUT2D eigenvalue weighted by Crippen LogP contribution is -2.13. The number of nitrogens with one attached hydrogen (secondary N) is 2. The molecule has 0 aliphatic heterocycles. The SMILES string of the molecule is CNc1ccccc1C(=O)Nc1ccc(C#N)c(Cl)c1. The molecule has 0 atom stereocenters. The minimum Gasteiger partial charge on any atom is -0.387 e. The van der Waals surface area contributed by atoms with E-state index in [4.69, 9.17) is 16.9 Å². The van der Waals surface area contributed by atoms with Gasteiger partial charge in [-0.3, -0.25) is 4.79 Å². The number of carbonyl (C=O) groups excluding carboxylic acids is 1. The zero-order valence-corrected chi connectivity index (χ0v) is 11.5. The van der Waals surface area contributed by atoms with Crippen molar-refractivity contribution in [2.24, 2.45) is 0 Å². The number of halogens is 1. The second-order valence-electron chi connectivity index (χ2n) is 4.06. The van der Waals surface area contributed by atoms with Gasteiger partial charge in [-0.05, 0) is 30.3 Å². The average molecular weight is 286 g/mol. The van der Waals surface area contributed by atoms with Crippen LogP contribution < -0.4 is 10.6 Å². The Morgan fingerprint density at radius 1 is 1.25 bits per heavy atom. The van der Waals surface area contributed by atoms with Gasteiger partial charge in [0, 0.05) is 18.4 Å². The standard InChI is InChI=1S/C15H12ClN3O/c1-18-14-5-3-2-4-12(14)15(20)19-11-7-6-10(9-17)13(16)8-11/h2-8,18H,1H3,(H,19,20). The van der Waals surface area contributed by atoms with Crippen LogP contribution in [0.1, 0.15) is 15.9 Å². The highest BCUT2D eigenvalue weighted by molar-refractivity contribution is 6.32. The third-order valence-electron chi connectivity index (χ3n) is 2.79. The summed E-state index contributed by atoms with van der Waals surface area (Å²) in [5.41, 5.74) is 2.20. The molecule has 2 aromatic rings. The van der Waals surface area contributed by atoms with Crippen molar-refractivity contribution >= 4 is 28.9 Å². The molecule has 0 radical (unpaired) electrons. The largest absolute Gasteiger partial charge is 0.387 e. The number of nitriles is 1. The molecule has 4 nitrogen and oxygen atoms in total. The molecule has 0 aliphatic carbocycles. The van der Waals surface area contributed by atoms with Crippen LogP contribution in [0.4, 0.5) is 11.4 Å². The van der Waals surface area contributed by atoms with E-state index < -0.39 is 0 Å². The lowest BCUT2D eigenvalue weighted by Gasteiger charge is -2.10. The summed E-state index contributed by atoms with van der Waals surface area (Å²) >= 11 is 5.93. The third kappa shape index (κ3) is 2.90. The Balaban J connectivity index is 2.24. The summed E-state index contributed by atoms with van der Waals surface area (Å²) in [6.07, 6.45) is 0. The number of para-hydroxylation sites is 1. The monoisotopic (exact) mass is 285 g/mol. The van der Waals surface area contributed by atoms with Crippen molar-refractivity contribution in [2.45, 2.75) is 0 Å². The van der Waals surface area contributed by atoms with Crippen LogP contribution in [-0.4, -0.2) is 13.0 Å². The molecule has 2 rings (SSSR count). The zero-order chi connectivity index (χ0) is 14.5. The number of anilines is 2. The molecule has 0 aliphatic rings. The molecule has 100 valence electrons. The Hall–Kier alpha value is -2.51. The van der Waals surface area contributed by atoms with Gasteiger partial charge < -0.3 is 10.6 Å². The van der Waals surface area contributed by atoms with Crippen LogP contribution >= 0.6 is 11.6 Å². The third-order valence-corrected chi connectivity index (χ3v) is 3.10. The Morgan fingerprint density at radius 3 is 2.65 bits per heavy atom. The van der Waals surface area contributed by atoms with Crippen LogP contribution in [0.2, 0.25) is 5.02 Å². The molecule has 0 fully saturated rings. The molecule has 20 heavy (non-hydrogen) atoms. The quantitative estimate of drug-likeness (QED) is 0.907. The number of benzene rings is 2. The van der Waals surface area contributed by atoms with Crippen molar-refractivity contribution < 1.29 is 4.79 Å². The molecule has 0 unspecified atom stereocenters. The fraction of sp³-hybridized carbons (Fsp3) is 0.0667. The van der Waals surface area contributed by atoms with E-state index in [2.05, 4.69) is 10.6 Å². The summed E-state index contributed by atoms with van der Waals surface area (Å²) in [5, 5.41) is 14.8. The Morgan fingerprint density at radius 2 is 2.00 bits per heavy atom. The van der Waals surface area contributed by atoms with E-state index in [1.807, 2.05) is 18.2 Å². The fourth-order valence-corrected chi connectivity index (χ4v) is 2.00. The lowest BCUT2D eigenvalue weighted by molar-refractivity contribution is 0.102. The molecule has 2 aromatic carbocycles. The van der Waals surface area contributed by atoms with Crippen molar-refractivity contribution in [3.63, 3.8) is 0 Å². The Labute approximate surface area is 122 Å². The van der Waals surface area contributed by atoms with Gasteiger partial charge >= 0.3 is 0 Å². The molecule has 0 spiro atoms. The van der Waals surface area contributed by atoms with Gasteiger partial charge in [-0.25, -0.2) is 0 Å². The van der Waals surface area contributed by atoms with Gasteiger partial charge in [0.15, 0.2) is 0 Å². The zero-order valence-electron chi connectivity index (χ0n) is 10.8. The molecule has 0 aromatic heterocycles. The maximum atomic E-state index is 12.2. The number of nitrogens with zero attached hydrogens (tertiary/aromatic N) is 1. The van der Waals surface area contributed by atoms with Gasteiger partial charge in [0.25, 0.3) is 5.91 Å². The van der Waals surface area contributed by atoms with E-state index >= 15 is 0 Å². The summed E-state index contributed by atoms with van der Waals surface area (Å²) in [6, 6.07) is 13.9. The fourth-order valence-electron chi connectivity index (χ4n) is 1.78. The van der Waals surface area contributed by atoms with Gasteiger partial charge in [0.1, 0.15) is 6.07 Å². The molecule has 1 amide bonds. The van der Waals surface area contributed by atoms with Crippen molar-refractivity contribution in [3.05, 3.63) is 58.6 Å². The smallest absolute Gasteiger partial charge is 0.257 e. The van der Waals surface area contributed by atoms with Gasteiger partial charge in [0.05, 0.1) is 16.1 Å². The minimum absolute atomic E-state index is 0.240. The Kier molecular flexibility index (Phi) is 4.24. The number of hydrogen-bond acceptors (Lipinski definition) is 3. The summed E-state index contributed by atoms with van der Waals surface area (Å²) in [7, 11) is 1.75. The normalized spacial score (nSPS) is 9.65. The predicted octanol–water partition coefficient (Wildman–Crippen LogP) is 3.51. The first-order chi connectivity index (χ1) is 9.65. The van der Waals surface area contributed by atoms with Gasteiger partial charge in [-0.2, -0.15) is 5.26 Å². The molecule has 0 saturated heterocycles. The maximum absolute atomic E-state index is 12.2. The van der Waals surface area contributed by atoms with Crippen LogP contribution in [0.15, 0.2) is 42.5 Å². The van der Waals surface area contributed by atoms with Gasteiger partial charge in [-0.15, -0.1) is 0 Å². The highest BCUT2D eigenvalue weighted by Crippen LogP contribution is 2.22. The van der Waals surface area contributed by atoms with E-state index in [0.29, 0.717) is 21.8 Å². The average Bonchev–Trinajstić information content (AvgIpc) is 2.47. The molecular formula is C15H12ClN3O. The number of carbonyl (C=O) groups is 1. The van der Waals surface area contributed by atoms with Crippen molar-refractivity contribution in [3.8, 4) is 6.07 Å². The van der Waals surface area contributed by atoms with E-state index in [9.17, 15) is 4.79 Å². The van der Waals surface area contributed by atoms with Crippen LogP contribution in [0.3, 0.4) is 0 Å². The summed E-state index contributed by atoms with van der Waals surface area (Å²) in [6.45, 7) is 0. The highest BCUT2D eigenvalue weighted by atomic mass is 35.5. The molecule has 2 N–H and O–H groups in total. The first kappa shape index (κ1) is 13.9. The molecule has 0 heterocycles. The number of rotatable bonds is 3. The first-order valence-corrected chi connectivity index (χ1v) is 6.31. The highest BCUT2D eigenvalue weighted by Gasteiger charge is 2.11. The first-order valence-electron chi connectivity index (χ1n) is 5.93. The van der Waals surface area contributed by atoms with Crippen LogP contribution in [-0.2, 0) is 0 Å². The molecular weight excluding hydrogens is 274 g/mol. The maximum Gasteiger partial charge on any atom is 0.257 e. The van der Waals surface area contributed by atoms with E-state index in [1.54, 1.807) is 37.4 Å². The Bertz CT molecular complexity index is 692. The minimum atomic E-state index is -0.240. The van der Waals surface area contributed by atoms with Crippen molar-refractivity contribution in [2.75, 3.05) is 17.7 Å². The molecule has 0 saturated carbocycles. The summed E-state index contributed by atoms with van der Waals surface area (Å²) in [4.78, 5) is 12.2. The second kappa shape index (κ2) is 6.09. The number of hydrogen-bond donors (Lipinski definition) is 2. The van der Waals surface area contributed by atoms with E-state index in [0.717, 1.165) is 5.69 Å². The lowest BCUT2D eigenvalue weighted by atomic mass is 10.1. The van der Waals surface area contributed by atoms with Crippen LogP contribution in [0.5, 0.6) is 0 Å². The summed E-state index contributed by atoms with van der Waals surface area (Å²) in [5.74, 6) is -0.240. The van der Waals surface area contributed by atoms with Crippen LogP contribution in [0, 0.1) is 11.3 Å². The van der Waals surface area contributed by atoms with Crippen molar-refractivity contribution in [1.82, 2.24) is 0 Å². The van der Waals surface area contributed by atoms with Crippen LogP contribution in [0.25, 0.3) is 0 Å². The van der Waals surface area contributed by atoms with E-state index in [-0.39, 0.29) is 5.91 Å². The van der Waals surface area contributed by atoms with E-state index in [1.165, 1.54) is 0 Å². The topological polar surface area (TPSA) is 64.9 Å². The van der Waals surface area contributed by atoms with Crippen molar-refractivity contribution in [1.29, 1.82) is 5.26 Å².